The lowest BCUT2D eigenvalue weighted by molar-refractivity contribution is -0.141. The average Bonchev–Trinajstić information content (AvgIpc) is 3.22. The molecule has 2 aromatic rings. The molecule has 0 aromatic heterocycles. The molecule has 2 aliphatic carbocycles. The summed E-state index contributed by atoms with van der Waals surface area (Å²) < 4.78 is 33.5. The Morgan fingerprint density at radius 1 is 1.03 bits per heavy atom. The number of alkyl carbamates (subject to hydrolysis) is 1. The SMILES string of the molecule is CC(CCNC(=O)C1C(CNC(=O)OCC2c3ccccc3-c3ccccc32)C1(F)F)C(=O)O. The second kappa shape index (κ2) is 9.40. The summed E-state index contributed by atoms with van der Waals surface area (Å²) in [5, 5.41) is 13.5. The number of halogens is 2. The van der Waals surface area contributed by atoms with Gasteiger partial charge in [0, 0.05) is 19.0 Å². The molecular formula is C25H26F2N2O5. The number of amides is 2. The zero-order valence-corrected chi connectivity index (χ0v) is 18.6. The molecule has 2 amide bonds. The number of ether oxygens (including phenoxy) is 1. The van der Waals surface area contributed by atoms with Gasteiger partial charge in [-0.1, -0.05) is 55.5 Å². The number of nitrogens with one attached hydrogen (secondary N) is 2. The van der Waals surface area contributed by atoms with Gasteiger partial charge in [-0.3, -0.25) is 9.59 Å². The molecule has 4 rings (SSSR count). The van der Waals surface area contributed by atoms with Gasteiger partial charge in [0.25, 0.3) is 5.92 Å². The van der Waals surface area contributed by atoms with E-state index in [0.717, 1.165) is 22.3 Å². The number of rotatable bonds is 9. The topological polar surface area (TPSA) is 105 Å². The summed E-state index contributed by atoms with van der Waals surface area (Å²) in [6.45, 7) is 1.13. The molecule has 0 saturated heterocycles. The van der Waals surface area contributed by atoms with E-state index in [2.05, 4.69) is 10.6 Å². The lowest BCUT2D eigenvalue weighted by Gasteiger charge is -2.14. The minimum absolute atomic E-state index is 0.00852. The van der Waals surface area contributed by atoms with Crippen molar-refractivity contribution >= 4 is 18.0 Å². The highest BCUT2D eigenvalue weighted by molar-refractivity contribution is 5.84. The Kier molecular flexibility index (Phi) is 6.54. The van der Waals surface area contributed by atoms with Crippen molar-refractivity contribution in [3.63, 3.8) is 0 Å². The number of fused-ring (bicyclic) bond motifs is 3. The summed E-state index contributed by atoms with van der Waals surface area (Å²) >= 11 is 0. The molecule has 180 valence electrons. The van der Waals surface area contributed by atoms with E-state index in [1.54, 1.807) is 0 Å². The standard InChI is InChI=1S/C25H26F2N2O5/c1-14(23(31)32)10-11-28-22(30)21-20(25(21,26)27)12-29-24(33)34-13-19-17-8-4-2-6-15(17)16-7-3-5-9-18(16)19/h2-9,14,19-21H,10-13H2,1H3,(H,28,30)(H,29,33)(H,31,32). The Morgan fingerprint density at radius 3 is 2.21 bits per heavy atom. The first-order valence-corrected chi connectivity index (χ1v) is 11.2. The molecule has 2 aliphatic rings. The van der Waals surface area contributed by atoms with Crippen molar-refractivity contribution in [2.75, 3.05) is 19.7 Å². The third-order valence-electron chi connectivity index (χ3n) is 6.59. The molecule has 0 spiro atoms. The fraction of sp³-hybridized carbons (Fsp3) is 0.400. The Labute approximate surface area is 195 Å². The lowest BCUT2D eigenvalue weighted by atomic mass is 9.98. The van der Waals surface area contributed by atoms with Crippen LogP contribution in [0.4, 0.5) is 13.6 Å². The first kappa shape index (κ1) is 23.7. The van der Waals surface area contributed by atoms with Crippen LogP contribution in [0.2, 0.25) is 0 Å². The van der Waals surface area contributed by atoms with E-state index in [1.165, 1.54) is 6.92 Å². The quantitative estimate of drug-likeness (QED) is 0.517. The van der Waals surface area contributed by atoms with Crippen molar-refractivity contribution in [3.05, 3.63) is 59.7 Å². The summed E-state index contributed by atoms with van der Waals surface area (Å²) in [7, 11) is 0. The molecule has 0 heterocycles. The van der Waals surface area contributed by atoms with Gasteiger partial charge in [0.2, 0.25) is 5.91 Å². The average molecular weight is 472 g/mol. The highest BCUT2D eigenvalue weighted by Gasteiger charge is 2.71. The van der Waals surface area contributed by atoms with E-state index >= 15 is 0 Å². The van der Waals surface area contributed by atoms with E-state index in [4.69, 9.17) is 9.84 Å². The number of benzene rings is 2. The van der Waals surface area contributed by atoms with Crippen LogP contribution in [0.1, 0.15) is 30.4 Å². The minimum atomic E-state index is -3.24. The number of carboxylic acid groups (broad SMARTS) is 1. The number of carbonyl (C=O) groups is 3. The van der Waals surface area contributed by atoms with Crippen molar-refractivity contribution in [3.8, 4) is 11.1 Å². The molecule has 3 unspecified atom stereocenters. The minimum Gasteiger partial charge on any atom is -0.481 e. The fourth-order valence-electron chi connectivity index (χ4n) is 4.49. The lowest BCUT2D eigenvalue weighted by Crippen LogP contribution is -2.31. The van der Waals surface area contributed by atoms with Gasteiger partial charge < -0.3 is 20.5 Å². The summed E-state index contributed by atoms with van der Waals surface area (Å²) in [6.07, 6.45) is -0.679. The fourth-order valence-corrected chi connectivity index (χ4v) is 4.49. The van der Waals surface area contributed by atoms with Crippen LogP contribution in [0.3, 0.4) is 0 Å². The van der Waals surface area contributed by atoms with Crippen LogP contribution in [0.25, 0.3) is 11.1 Å². The van der Waals surface area contributed by atoms with Gasteiger partial charge in [-0.15, -0.1) is 0 Å². The predicted molar refractivity (Wildman–Crippen MR) is 119 cm³/mol. The number of hydrogen-bond donors (Lipinski definition) is 3. The van der Waals surface area contributed by atoms with Crippen LogP contribution >= 0.6 is 0 Å². The number of carboxylic acids is 1. The highest BCUT2D eigenvalue weighted by Crippen LogP contribution is 2.55. The monoisotopic (exact) mass is 472 g/mol. The second-order valence-electron chi connectivity index (χ2n) is 8.78. The molecule has 7 nitrogen and oxygen atoms in total. The van der Waals surface area contributed by atoms with Crippen LogP contribution in [-0.4, -0.2) is 48.7 Å². The summed E-state index contributed by atoms with van der Waals surface area (Å²) in [5.74, 6) is -8.82. The maximum absolute atomic E-state index is 14.1. The Balaban J connectivity index is 1.26. The van der Waals surface area contributed by atoms with Crippen LogP contribution < -0.4 is 10.6 Å². The molecule has 3 atom stereocenters. The summed E-state index contributed by atoms with van der Waals surface area (Å²) in [5.41, 5.74) is 4.24. The van der Waals surface area contributed by atoms with E-state index in [0.29, 0.717) is 0 Å². The third kappa shape index (κ3) is 4.60. The number of alkyl halides is 2. The smallest absolute Gasteiger partial charge is 0.407 e. The van der Waals surface area contributed by atoms with Crippen molar-refractivity contribution in [1.82, 2.24) is 10.6 Å². The van der Waals surface area contributed by atoms with E-state index in [1.807, 2.05) is 48.5 Å². The van der Waals surface area contributed by atoms with Crippen LogP contribution in [0, 0.1) is 17.8 Å². The van der Waals surface area contributed by atoms with Gasteiger partial charge in [0.05, 0.1) is 11.8 Å². The Hall–Kier alpha value is -3.49. The van der Waals surface area contributed by atoms with Crippen molar-refractivity contribution in [2.45, 2.75) is 25.2 Å². The molecule has 0 bridgehead atoms. The molecule has 34 heavy (non-hydrogen) atoms. The molecule has 3 N–H and O–H groups in total. The maximum Gasteiger partial charge on any atom is 0.407 e. The third-order valence-corrected chi connectivity index (χ3v) is 6.59. The van der Waals surface area contributed by atoms with Crippen LogP contribution in [-0.2, 0) is 14.3 Å². The van der Waals surface area contributed by atoms with Gasteiger partial charge in [-0.2, -0.15) is 0 Å². The van der Waals surface area contributed by atoms with Crippen LogP contribution in [0.15, 0.2) is 48.5 Å². The zero-order valence-electron chi connectivity index (χ0n) is 18.6. The van der Waals surface area contributed by atoms with Crippen molar-refractivity contribution in [2.24, 2.45) is 17.8 Å². The Bertz CT molecular complexity index is 1060. The van der Waals surface area contributed by atoms with E-state index in [9.17, 15) is 23.2 Å². The second-order valence-corrected chi connectivity index (χ2v) is 8.78. The van der Waals surface area contributed by atoms with E-state index < -0.39 is 48.2 Å². The number of carbonyl (C=O) groups excluding carboxylic acids is 2. The number of aliphatic carboxylic acids is 1. The Morgan fingerprint density at radius 2 is 1.62 bits per heavy atom. The largest absolute Gasteiger partial charge is 0.481 e. The molecule has 0 aliphatic heterocycles. The van der Waals surface area contributed by atoms with Gasteiger partial charge in [0.15, 0.2) is 0 Å². The van der Waals surface area contributed by atoms with Gasteiger partial charge in [0.1, 0.15) is 12.5 Å². The van der Waals surface area contributed by atoms with Crippen molar-refractivity contribution in [1.29, 1.82) is 0 Å². The molecular weight excluding hydrogens is 446 g/mol. The molecule has 1 fully saturated rings. The van der Waals surface area contributed by atoms with Gasteiger partial charge in [-0.25, -0.2) is 13.6 Å². The normalized spacial score (nSPS) is 20.6. The maximum atomic E-state index is 14.1. The molecule has 1 saturated carbocycles. The first-order valence-electron chi connectivity index (χ1n) is 11.2. The first-order chi connectivity index (χ1) is 16.2. The number of hydrogen-bond acceptors (Lipinski definition) is 4. The molecule has 0 radical (unpaired) electrons. The highest BCUT2D eigenvalue weighted by atomic mass is 19.3. The summed E-state index contributed by atoms with van der Waals surface area (Å²) in [4.78, 5) is 35.1. The van der Waals surface area contributed by atoms with Gasteiger partial charge in [-0.05, 0) is 28.7 Å². The predicted octanol–water partition coefficient (Wildman–Crippen LogP) is 3.63. The molecule has 2 aromatic carbocycles. The molecule has 9 heteroatoms. The van der Waals surface area contributed by atoms with Crippen LogP contribution in [0.5, 0.6) is 0 Å². The van der Waals surface area contributed by atoms with Crippen molar-refractivity contribution < 1.29 is 33.0 Å². The zero-order chi connectivity index (χ0) is 24.5. The van der Waals surface area contributed by atoms with E-state index in [-0.39, 0.29) is 25.5 Å². The summed E-state index contributed by atoms with van der Waals surface area (Å²) in [6, 6.07) is 15.7. The van der Waals surface area contributed by atoms with Gasteiger partial charge >= 0.3 is 12.1 Å².